The zero-order valence-corrected chi connectivity index (χ0v) is 27.5. The van der Waals surface area contributed by atoms with E-state index in [1.54, 1.807) is 15.4 Å². The van der Waals surface area contributed by atoms with Crippen LogP contribution in [0.1, 0.15) is 55.9 Å². The lowest BCUT2D eigenvalue weighted by atomic mass is 10.1. The molecule has 6 rings (SSSR count). The van der Waals surface area contributed by atoms with Crippen molar-refractivity contribution in [2.75, 3.05) is 54.5 Å². The highest BCUT2D eigenvalue weighted by atomic mass is 19.4. The minimum absolute atomic E-state index is 0.0280. The van der Waals surface area contributed by atoms with Crippen LogP contribution >= 0.6 is 0 Å². The van der Waals surface area contributed by atoms with Crippen LogP contribution in [0.5, 0.6) is 0 Å². The smallest absolute Gasteiger partial charge is 0.377 e. The van der Waals surface area contributed by atoms with Gasteiger partial charge in [-0.3, -0.25) is 14.4 Å². The van der Waals surface area contributed by atoms with Gasteiger partial charge in [0.15, 0.2) is 5.82 Å². The number of H-pyrrole nitrogens is 1. The predicted molar refractivity (Wildman–Crippen MR) is 175 cm³/mol. The van der Waals surface area contributed by atoms with Gasteiger partial charge in [-0.1, -0.05) is 13.0 Å². The quantitative estimate of drug-likeness (QED) is 0.268. The van der Waals surface area contributed by atoms with E-state index in [2.05, 4.69) is 20.5 Å². The van der Waals surface area contributed by atoms with Gasteiger partial charge >= 0.3 is 6.18 Å². The summed E-state index contributed by atoms with van der Waals surface area (Å²) in [5.74, 6) is -1.75. The number of aromatic nitrogens is 6. The molecule has 4 aromatic rings. The average Bonchev–Trinajstić information content (AvgIpc) is 3.68. The van der Waals surface area contributed by atoms with Crippen molar-refractivity contribution in [2.45, 2.75) is 59.3 Å². The summed E-state index contributed by atoms with van der Waals surface area (Å²) in [5.41, 5.74) is 0.0789. The Labute approximate surface area is 277 Å². The van der Waals surface area contributed by atoms with Crippen LogP contribution in [0, 0.1) is 12.7 Å². The van der Waals surface area contributed by atoms with Crippen molar-refractivity contribution in [3.8, 4) is 0 Å². The van der Waals surface area contributed by atoms with Gasteiger partial charge in [0.25, 0.3) is 11.1 Å². The van der Waals surface area contributed by atoms with Gasteiger partial charge in [0.2, 0.25) is 11.7 Å². The number of nitrogens with one attached hydrogen (secondary N) is 2. The van der Waals surface area contributed by atoms with Crippen molar-refractivity contribution in [2.24, 2.45) is 0 Å². The number of aromatic amines is 1. The molecule has 49 heavy (non-hydrogen) atoms. The maximum atomic E-state index is 14.4. The Kier molecular flexibility index (Phi) is 9.13. The molecule has 2 aliphatic rings. The number of rotatable bonds is 8. The highest BCUT2D eigenvalue weighted by molar-refractivity contribution is 5.92. The zero-order chi connectivity index (χ0) is 35.2. The lowest BCUT2D eigenvalue weighted by molar-refractivity contribution is -0.140. The first-order valence-corrected chi connectivity index (χ1v) is 16.0. The molecule has 3 aromatic heterocycles. The van der Waals surface area contributed by atoms with E-state index in [1.165, 1.54) is 6.92 Å². The standard InChI is InChI=1S/C32H37F4N9O4/c1-5-24-27(42-10-8-41(9-11-42)25-16-37-44(18(2)3)29(25)47)30(48)45-31(39-28(40-45)20-6-12-49-13-7-20)43(24)17-26(46)38-23-15-22(33)21(14-19(23)4)32(34,35)36/h6,14-16,18,37H,5,7-13,17H2,1-4H3,(H,38,46). The van der Waals surface area contributed by atoms with E-state index in [-0.39, 0.29) is 35.2 Å². The zero-order valence-electron chi connectivity index (χ0n) is 27.5. The lowest BCUT2D eigenvalue weighted by Crippen LogP contribution is -2.50. The summed E-state index contributed by atoms with van der Waals surface area (Å²) in [6.07, 6.45) is -0.539. The van der Waals surface area contributed by atoms with Crippen LogP contribution in [0.15, 0.2) is 34.0 Å². The van der Waals surface area contributed by atoms with Gasteiger partial charge in [0, 0.05) is 44.1 Å². The number of carbonyl (C=O) groups excluding carboxylic acids is 1. The number of piperazine rings is 1. The number of nitrogens with zero attached hydrogens (tertiary/aromatic N) is 7. The fraction of sp³-hybridized carbons (Fsp3) is 0.469. The summed E-state index contributed by atoms with van der Waals surface area (Å²) in [6.45, 7) is 9.09. The van der Waals surface area contributed by atoms with Gasteiger partial charge < -0.3 is 29.5 Å². The molecular formula is C32H37F4N9O4. The maximum Gasteiger partial charge on any atom is 0.419 e. The van der Waals surface area contributed by atoms with E-state index >= 15 is 0 Å². The third-order valence-corrected chi connectivity index (χ3v) is 8.84. The van der Waals surface area contributed by atoms with E-state index in [0.29, 0.717) is 87.3 Å². The first-order valence-electron chi connectivity index (χ1n) is 16.0. The number of amides is 1. The number of carbonyl (C=O) groups is 1. The Morgan fingerprint density at radius 1 is 1.10 bits per heavy atom. The van der Waals surface area contributed by atoms with Gasteiger partial charge in [-0.05, 0) is 56.9 Å². The number of ether oxygens (including phenoxy) is 1. The van der Waals surface area contributed by atoms with Crippen molar-refractivity contribution < 1.29 is 27.1 Å². The molecule has 0 saturated carbocycles. The number of benzene rings is 1. The van der Waals surface area contributed by atoms with Crippen LogP contribution in [0.3, 0.4) is 0 Å². The highest BCUT2D eigenvalue weighted by Gasteiger charge is 2.35. The average molecular weight is 688 g/mol. The molecule has 0 radical (unpaired) electrons. The van der Waals surface area contributed by atoms with Crippen molar-refractivity contribution in [1.82, 2.24) is 28.9 Å². The molecule has 13 nitrogen and oxygen atoms in total. The van der Waals surface area contributed by atoms with Gasteiger partial charge in [-0.2, -0.15) is 22.7 Å². The van der Waals surface area contributed by atoms with Gasteiger partial charge in [-0.25, -0.2) is 9.07 Å². The summed E-state index contributed by atoms with van der Waals surface area (Å²) in [7, 11) is 0. The molecule has 1 aromatic carbocycles. The van der Waals surface area contributed by atoms with E-state index in [9.17, 15) is 31.9 Å². The largest absolute Gasteiger partial charge is 0.419 e. The predicted octanol–water partition coefficient (Wildman–Crippen LogP) is 3.76. The monoisotopic (exact) mass is 687 g/mol. The van der Waals surface area contributed by atoms with E-state index in [4.69, 9.17) is 4.74 Å². The van der Waals surface area contributed by atoms with Gasteiger partial charge in [-0.15, -0.1) is 5.10 Å². The Morgan fingerprint density at radius 3 is 2.43 bits per heavy atom. The molecule has 0 bridgehead atoms. The fourth-order valence-corrected chi connectivity index (χ4v) is 6.32. The maximum absolute atomic E-state index is 14.4. The molecule has 2 N–H and O–H groups in total. The van der Waals surface area contributed by atoms with Gasteiger partial charge in [0.05, 0.1) is 24.5 Å². The number of alkyl halides is 3. The summed E-state index contributed by atoms with van der Waals surface area (Å²) in [4.78, 5) is 49.2. The third-order valence-electron chi connectivity index (χ3n) is 8.84. The molecule has 1 amide bonds. The molecule has 0 unspecified atom stereocenters. The number of hydrogen-bond acceptors (Lipinski definition) is 8. The Balaban J connectivity index is 1.37. The van der Waals surface area contributed by atoms with E-state index < -0.39 is 29.0 Å². The number of fused-ring (bicyclic) bond motifs is 1. The number of halogens is 4. The van der Waals surface area contributed by atoms with E-state index in [1.807, 2.05) is 36.6 Å². The van der Waals surface area contributed by atoms with Gasteiger partial charge in [0.1, 0.15) is 23.7 Å². The molecule has 0 aliphatic carbocycles. The van der Waals surface area contributed by atoms with Crippen molar-refractivity contribution in [3.05, 3.63) is 73.6 Å². The van der Waals surface area contributed by atoms with Crippen LogP contribution in [-0.2, 0) is 28.7 Å². The van der Waals surface area contributed by atoms with E-state index in [0.717, 1.165) is 10.1 Å². The minimum Gasteiger partial charge on any atom is -0.377 e. The summed E-state index contributed by atoms with van der Waals surface area (Å²) in [5, 5.41) is 10.1. The topological polar surface area (TPSA) is 135 Å². The third kappa shape index (κ3) is 6.46. The summed E-state index contributed by atoms with van der Waals surface area (Å²) >= 11 is 0. The molecule has 262 valence electrons. The second-order valence-corrected chi connectivity index (χ2v) is 12.3. The van der Waals surface area contributed by atoms with Crippen molar-refractivity contribution in [1.29, 1.82) is 0 Å². The minimum atomic E-state index is -4.89. The molecule has 1 saturated heterocycles. The molecule has 1 fully saturated rings. The van der Waals surface area contributed by atoms with Crippen LogP contribution in [0.2, 0.25) is 0 Å². The van der Waals surface area contributed by atoms with Crippen LogP contribution in [0.4, 0.5) is 34.6 Å². The molecule has 0 atom stereocenters. The SMILES string of the molecule is CCc1c(N2CCN(c3c[nH]n(C(C)C)c3=O)CC2)c(=O)n2nc(C3=CCOCC3)nc2n1CC(=O)Nc1cc(F)c(C(F)(F)F)cc1C. The lowest BCUT2D eigenvalue weighted by Gasteiger charge is -2.37. The first kappa shape index (κ1) is 34.0. The molecule has 2 aliphatic heterocycles. The Morgan fingerprint density at radius 2 is 1.82 bits per heavy atom. The van der Waals surface area contributed by atoms with Crippen molar-refractivity contribution >= 4 is 34.3 Å². The summed E-state index contributed by atoms with van der Waals surface area (Å²) < 4.78 is 63.9. The second kappa shape index (κ2) is 13.2. The Hall–Kier alpha value is -4.93. The van der Waals surface area contributed by atoms with Crippen LogP contribution in [-0.4, -0.2) is 74.2 Å². The fourth-order valence-electron chi connectivity index (χ4n) is 6.32. The van der Waals surface area contributed by atoms with Crippen LogP contribution < -0.4 is 26.2 Å². The normalized spacial score (nSPS) is 15.7. The number of anilines is 3. The van der Waals surface area contributed by atoms with Crippen molar-refractivity contribution in [3.63, 3.8) is 0 Å². The molecule has 5 heterocycles. The highest BCUT2D eigenvalue weighted by Crippen LogP contribution is 2.34. The molecule has 17 heteroatoms. The molecular weight excluding hydrogens is 650 g/mol. The molecule has 0 spiro atoms. The Bertz CT molecular complexity index is 2050. The van der Waals surface area contributed by atoms with Crippen LogP contribution in [0.25, 0.3) is 11.4 Å². The number of hydrogen-bond donors (Lipinski definition) is 2. The number of aryl methyl sites for hydroxylation is 1. The summed E-state index contributed by atoms with van der Waals surface area (Å²) in [6, 6.07) is 1.26. The second-order valence-electron chi connectivity index (χ2n) is 12.3. The first-order chi connectivity index (χ1) is 23.3.